The Hall–Kier alpha value is -3.99. The number of methoxy groups -OCH3 is 1. The molecule has 1 aromatic heterocycles. The first-order valence-electron chi connectivity index (χ1n) is 9.67. The van der Waals surface area contributed by atoms with Gasteiger partial charge in [0, 0.05) is 11.1 Å². The molecule has 0 saturated heterocycles. The van der Waals surface area contributed by atoms with E-state index in [4.69, 9.17) is 4.74 Å². The lowest BCUT2D eigenvalue weighted by Crippen LogP contribution is -2.04. The molecule has 0 bridgehead atoms. The number of aromatic nitrogens is 2. The molecule has 4 rings (SSSR count). The third-order valence-electron chi connectivity index (χ3n) is 4.70. The fourth-order valence-electron chi connectivity index (χ4n) is 3.04. The van der Waals surface area contributed by atoms with E-state index in [9.17, 15) is 0 Å². The lowest BCUT2D eigenvalue weighted by atomic mass is 10.1. The lowest BCUT2D eigenvalue weighted by Gasteiger charge is -2.09. The first kappa shape index (κ1) is 19.3. The Balaban J connectivity index is 1.68. The number of benzene rings is 3. The average molecular weight is 394 g/mol. The second kappa shape index (κ2) is 9.01. The first-order valence-corrected chi connectivity index (χ1v) is 9.67. The Labute approximate surface area is 176 Å². The van der Waals surface area contributed by atoms with Gasteiger partial charge in [-0.2, -0.15) is 5.10 Å². The second-order valence-electron chi connectivity index (χ2n) is 6.73. The standard InChI is InChI=1S/C25H22N4O/c1-18(19-13-15-22(30-2)16-14-19)28-29-25-26-23(20-9-5-3-6-10-20)17-24(27-25)21-11-7-4-8-12-21/h3-17H,1-2H3,(H,26,27,29)/b28-18+. The fraction of sp³-hybridized carbons (Fsp3) is 0.0800. The third kappa shape index (κ3) is 4.52. The third-order valence-corrected chi connectivity index (χ3v) is 4.70. The molecular formula is C25H22N4O. The number of nitrogens with one attached hydrogen (secondary N) is 1. The number of hydrazone groups is 1. The van der Waals surface area contributed by atoms with Crippen LogP contribution in [0.15, 0.2) is 96.1 Å². The average Bonchev–Trinajstić information content (AvgIpc) is 2.83. The molecule has 148 valence electrons. The predicted molar refractivity (Wildman–Crippen MR) is 122 cm³/mol. The molecule has 1 N–H and O–H groups in total. The van der Waals surface area contributed by atoms with Gasteiger partial charge in [-0.1, -0.05) is 60.7 Å². The van der Waals surface area contributed by atoms with Crippen LogP contribution in [-0.2, 0) is 0 Å². The van der Waals surface area contributed by atoms with Gasteiger partial charge in [0.05, 0.1) is 24.2 Å². The first-order chi connectivity index (χ1) is 14.7. The molecule has 1 heterocycles. The summed E-state index contributed by atoms with van der Waals surface area (Å²) in [5.74, 6) is 1.26. The normalized spacial score (nSPS) is 11.2. The number of hydrogen-bond donors (Lipinski definition) is 1. The minimum atomic E-state index is 0.447. The Kier molecular flexibility index (Phi) is 5.80. The highest BCUT2D eigenvalue weighted by molar-refractivity contribution is 5.99. The molecule has 0 radical (unpaired) electrons. The maximum Gasteiger partial charge on any atom is 0.244 e. The van der Waals surface area contributed by atoms with Crippen LogP contribution in [0.4, 0.5) is 5.95 Å². The van der Waals surface area contributed by atoms with Crippen LogP contribution in [0, 0.1) is 0 Å². The summed E-state index contributed by atoms with van der Waals surface area (Å²) in [5.41, 5.74) is 8.57. The molecule has 3 aromatic carbocycles. The van der Waals surface area contributed by atoms with Crippen molar-refractivity contribution in [1.29, 1.82) is 0 Å². The Morgan fingerprint density at radius 1 is 0.767 bits per heavy atom. The summed E-state index contributed by atoms with van der Waals surface area (Å²) in [5, 5.41) is 4.49. The molecule has 5 heteroatoms. The molecule has 5 nitrogen and oxygen atoms in total. The van der Waals surface area contributed by atoms with Crippen molar-refractivity contribution in [2.45, 2.75) is 6.92 Å². The van der Waals surface area contributed by atoms with E-state index < -0.39 is 0 Å². The number of ether oxygens (including phenoxy) is 1. The minimum Gasteiger partial charge on any atom is -0.497 e. The van der Waals surface area contributed by atoms with Gasteiger partial charge in [0.1, 0.15) is 5.75 Å². The van der Waals surface area contributed by atoms with Crippen LogP contribution < -0.4 is 10.2 Å². The monoisotopic (exact) mass is 394 g/mol. The Morgan fingerprint density at radius 3 is 1.80 bits per heavy atom. The Morgan fingerprint density at radius 2 is 1.30 bits per heavy atom. The molecule has 30 heavy (non-hydrogen) atoms. The van der Waals surface area contributed by atoms with Crippen molar-refractivity contribution < 1.29 is 4.74 Å². The van der Waals surface area contributed by atoms with Crippen LogP contribution in [0.25, 0.3) is 22.5 Å². The van der Waals surface area contributed by atoms with Crippen LogP contribution in [0.1, 0.15) is 12.5 Å². The summed E-state index contributed by atoms with van der Waals surface area (Å²) < 4.78 is 5.21. The van der Waals surface area contributed by atoms with E-state index in [1.54, 1.807) is 7.11 Å². The molecule has 0 aliphatic rings. The second-order valence-corrected chi connectivity index (χ2v) is 6.73. The van der Waals surface area contributed by atoms with Crippen LogP contribution >= 0.6 is 0 Å². The van der Waals surface area contributed by atoms with Gasteiger partial charge in [-0.05, 0) is 42.8 Å². The minimum absolute atomic E-state index is 0.447. The van der Waals surface area contributed by atoms with Gasteiger partial charge >= 0.3 is 0 Å². The number of nitrogens with zero attached hydrogens (tertiary/aromatic N) is 3. The SMILES string of the molecule is COc1ccc(/C(C)=N/Nc2nc(-c3ccccc3)cc(-c3ccccc3)n2)cc1. The number of rotatable bonds is 6. The van der Waals surface area contributed by atoms with Crippen molar-refractivity contribution >= 4 is 11.7 Å². The zero-order valence-electron chi connectivity index (χ0n) is 16.9. The molecule has 0 aliphatic carbocycles. The van der Waals surface area contributed by atoms with Gasteiger partial charge in [-0.3, -0.25) is 0 Å². The van der Waals surface area contributed by atoms with E-state index >= 15 is 0 Å². The predicted octanol–water partition coefficient (Wildman–Crippen LogP) is 5.66. The summed E-state index contributed by atoms with van der Waals surface area (Å²) >= 11 is 0. The molecule has 0 unspecified atom stereocenters. The van der Waals surface area contributed by atoms with Crippen molar-refractivity contribution in [2.75, 3.05) is 12.5 Å². The van der Waals surface area contributed by atoms with Crippen LogP contribution in [0.5, 0.6) is 5.75 Å². The van der Waals surface area contributed by atoms with Gasteiger partial charge in [0.2, 0.25) is 5.95 Å². The molecule has 4 aromatic rings. The van der Waals surface area contributed by atoms with E-state index in [1.807, 2.05) is 97.9 Å². The van der Waals surface area contributed by atoms with Gasteiger partial charge in [-0.25, -0.2) is 15.4 Å². The Bertz CT molecular complexity index is 1080. The zero-order valence-corrected chi connectivity index (χ0v) is 16.9. The summed E-state index contributed by atoms with van der Waals surface area (Å²) in [4.78, 5) is 9.35. The van der Waals surface area contributed by atoms with Crippen molar-refractivity contribution in [1.82, 2.24) is 9.97 Å². The number of anilines is 1. The molecule has 0 spiro atoms. The molecule has 0 atom stereocenters. The highest BCUT2D eigenvalue weighted by Gasteiger charge is 2.08. The van der Waals surface area contributed by atoms with Crippen LogP contribution in [0.2, 0.25) is 0 Å². The van der Waals surface area contributed by atoms with E-state index in [0.29, 0.717) is 5.95 Å². The van der Waals surface area contributed by atoms with E-state index in [-0.39, 0.29) is 0 Å². The summed E-state index contributed by atoms with van der Waals surface area (Å²) in [6, 6.07) is 29.9. The molecule has 0 amide bonds. The van der Waals surface area contributed by atoms with Gasteiger partial charge < -0.3 is 4.74 Å². The van der Waals surface area contributed by atoms with E-state index in [2.05, 4.69) is 20.5 Å². The van der Waals surface area contributed by atoms with Crippen molar-refractivity contribution in [2.24, 2.45) is 5.10 Å². The molecule has 0 saturated carbocycles. The quantitative estimate of drug-likeness (QED) is 0.339. The van der Waals surface area contributed by atoms with E-state index in [1.165, 1.54) is 0 Å². The van der Waals surface area contributed by atoms with Crippen LogP contribution in [-0.4, -0.2) is 22.8 Å². The topological polar surface area (TPSA) is 59.4 Å². The van der Waals surface area contributed by atoms with Crippen LogP contribution in [0.3, 0.4) is 0 Å². The fourth-order valence-corrected chi connectivity index (χ4v) is 3.04. The maximum atomic E-state index is 5.21. The highest BCUT2D eigenvalue weighted by atomic mass is 16.5. The summed E-state index contributed by atoms with van der Waals surface area (Å²) in [7, 11) is 1.65. The molecular weight excluding hydrogens is 372 g/mol. The summed E-state index contributed by atoms with van der Waals surface area (Å²) in [6.07, 6.45) is 0. The van der Waals surface area contributed by atoms with Crippen molar-refractivity contribution in [3.63, 3.8) is 0 Å². The lowest BCUT2D eigenvalue weighted by molar-refractivity contribution is 0.415. The highest BCUT2D eigenvalue weighted by Crippen LogP contribution is 2.25. The largest absolute Gasteiger partial charge is 0.497 e. The van der Waals surface area contributed by atoms with Gasteiger partial charge in [0.25, 0.3) is 0 Å². The number of hydrogen-bond acceptors (Lipinski definition) is 5. The van der Waals surface area contributed by atoms with Gasteiger partial charge in [0.15, 0.2) is 0 Å². The zero-order chi connectivity index (χ0) is 20.8. The van der Waals surface area contributed by atoms with Crippen molar-refractivity contribution in [3.05, 3.63) is 96.6 Å². The van der Waals surface area contributed by atoms with E-state index in [0.717, 1.165) is 39.5 Å². The maximum absolute atomic E-state index is 5.21. The van der Waals surface area contributed by atoms with Crippen molar-refractivity contribution in [3.8, 4) is 28.3 Å². The summed E-state index contributed by atoms with van der Waals surface area (Å²) in [6.45, 7) is 1.94. The smallest absolute Gasteiger partial charge is 0.244 e. The molecule has 0 fully saturated rings. The van der Waals surface area contributed by atoms with Gasteiger partial charge in [-0.15, -0.1) is 0 Å². The molecule has 0 aliphatic heterocycles.